The number of amides is 1. The number of hydrogen-bond donors (Lipinski definition) is 2. The van der Waals surface area contributed by atoms with E-state index in [1.54, 1.807) is 24.3 Å². The Hall–Kier alpha value is -3.34. The van der Waals surface area contributed by atoms with Crippen LogP contribution in [0.3, 0.4) is 0 Å². The van der Waals surface area contributed by atoms with Gasteiger partial charge in [-0.3, -0.25) is 9.48 Å². The van der Waals surface area contributed by atoms with Gasteiger partial charge in [-0.2, -0.15) is 10.4 Å². The van der Waals surface area contributed by atoms with Gasteiger partial charge in [0.15, 0.2) is 12.1 Å². The van der Waals surface area contributed by atoms with Gasteiger partial charge in [0.25, 0.3) is 5.91 Å². The first-order valence-electron chi connectivity index (χ1n) is 7.04. The van der Waals surface area contributed by atoms with Gasteiger partial charge in [-0.05, 0) is 38.1 Å². The number of anilines is 1. The van der Waals surface area contributed by atoms with Gasteiger partial charge in [0.05, 0.1) is 23.5 Å². The van der Waals surface area contributed by atoms with Crippen LogP contribution < -0.4 is 10.1 Å². The van der Waals surface area contributed by atoms with Crippen LogP contribution >= 0.6 is 0 Å². The molecule has 0 atom stereocenters. The monoisotopic (exact) mass is 328 g/mol. The largest absolute Gasteiger partial charge is 0.484 e. The van der Waals surface area contributed by atoms with Crippen molar-refractivity contribution in [3.05, 3.63) is 42.2 Å². The summed E-state index contributed by atoms with van der Waals surface area (Å²) in [6, 6.07) is 8.36. The predicted octanol–water partition coefficient (Wildman–Crippen LogP) is 1.59. The third-order valence-electron chi connectivity index (χ3n) is 3.32. The molecule has 0 aliphatic carbocycles. The van der Waals surface area contributed by atoms with Crippen LogP contribution in [0.4, 0.5) is 5.69 Å². The normalized spacial score (nSPS) is 10.7. The quantitative estimate of drug-likeness (QED) is 0.831. The van der Waals surface area contributed by atoms with E-state index >= 15 is 0 Å². The molecule has 0 bridgehead atoms. The number of carboxylic acids is 1. The molecule has 24 heavy (non-hydrogen) atoms. The highest BCUT2D eigenvalue weighted by Gasteiger charge is 2.30. The van der Waals surface area contributed by atoms with Crippen molar-refractivity contribution in [1.29, 1.82) is 5.26 Å². The van der Waals surface area contributed by atoms with Crippen molar-refractivity contribution in [2.45, 2.75) is 19.4 Å². The van der Waals surface area contributed by atoms with E-state index in [1.165, 1.54) is 30.9 Å². The Bertz CT molecular complexity index is 787. The number of aromatic nitrogens is 2. The minimum absolute atomic E-state index is 0.223. The molecule has 1 amide bonds. The first kappa shape index (κ1) is 17.0. The van der Waals surface area contributed by atoms with Crippen LogP contribution in [-0.4, -0.2) is 33.4 Å². The van der Waals surface area contributed by atoms with Gasteiger partial charge in [0.1, 0.15) is 5.75 Å². The van der Waals surface area contributed by atoms with Crippen molar-refractivity contribution >= 4 is 17.6 Å². The van der Waals surface area contributed by atoms with Gasteiger partial charge in [-0.1, -0.05) is 0 Å². The van der Waals surface area contributed by atoms with Gasteiger partial charge in [0.2, 0.25) is 0 Å². The third kappa shape index (κ3) is 3.89. The van der Waals surface area contributed by atoms with Crippen LogP contribution in [0.25, 0.3) is 0 Å². The van der Waals surface area contributed by atoms with E-state index in [0.717, 1.165) is 0 Å². The number of carboxylic acid groups (broad SMARTS) is 1. The number of hydrogen-bond acceptors (Lipinski definition) is 5. The van der Waals surface area contributed by atoms with Crippen LogP contribution in [0, 0.1) is 11.3 Å². The SMILES string of the molecule is CC(C)(C(=O)O)n1cc(NC(=O)COc2ccc(C#N)cc2)cn1. The fraction of sp³-hybridized carbons (Fsp3) is 0.250. The molecule has 0 spiro atoms. The average Bonchev–Trinajstić information content (AvgIpc) is 3.02. The number of carbonyl (C=O) groups is 2. The number of rotatable bonds is 6. The molecule has 0 fully saturated rings. The van der Waals surface area contributed by atoms with Gasteiger partial charge >= 0.3 is 5.97 Å². The van der Waals surface area contributed by atoms with E-state index in [1.807, 2.05) is 6.07 Å². The van der Waals surface area contributed by atoms with Crippen molar-refractivity contribution in [2.75, 3.05) is 11.9 Å². The lowest BCUT2D eigenvalue weighted by Crippen LogP contribution is -2.35. The first-order chi connectivity index (χ1) is 11.3. The summed E-state index contributed by atoms with van der Waals surface area (Å²) < 4.78 is 6.57. The van der Waals surface area contributed by atoms with E-state index < -0.39 is 17.4 Å². The fourth-order valence-electron chi connectivity index (χ4n) is 1.76. The summed E-state index contributed by atoms with van der Waals surface area (Å²) in [6.45, 7) is 2.78. The molecular weight excluding hydrogens is 312 g/mol. The second-order valence-corrected chi connectivity index (χ2v) is 5.51. The molecular formula is C16H16N4O4. The fourth-order valence-corrected chi connectivity index (χ4v) is 1.76. The standard InChI is InChI=1S/C16H16N4O4/c1-16(2,15(22)23)20-9-12(8-18-20)19-14(21)10-24-13-5-3-11(7-17)4-6-13/h3-6,8-9H,10H2,1-2H3,(H,19,21)(H,22,23). The summed E-state index contributed by atoms with van der Waals surface area (Å²) >= 11 is 0. The van der Waals surface area contributed by atoms with Gasteiger partial charge in [0, 0.05) is 6.20 Å². The maximum absolute atomic E-state index is 11.9. The molecule has 0 radical (unpaired) electrons. The smallest absolute Gasteiger partial charge is 0.331 e. The lowest BCUT2D eigenvalue weighted by Gasteiger charge is -2.19. The molecule has 124 valence electrons. The number of nitrogens with zero attached hydrogens (tertiary/aromatic N) is 3. The zero-order chi connectivity index (χ0) is 17.7. The van der Waals surface area contributed by atoms with Crippen molar-refractivity contribution in [3.63, 3.8) is 0 Å². The van der Waals surface area contributed by atoms with Crippen molar-refractivity contribution in [1.82, 2.24) is 9.78 Å². The van der Waals surface area contributed by atoms with Crippen LogP contribution in [0.1, 0.15) is 19.4 Å². The number of nitriles is 1. The molecule has 1 aromatic heterocycles. The first-order valence-corrected chi connectivity index (χ1v) is 7.04. The average molecular weight is 328 g/mol. The van der Waals surface area contributed by atoms with E-state index in [2.05, 4.69) is 10.4 Å². The Morgan fingerprint density at radius 1 is 1.38 bits per heavy atom. The molecule has 1 aromatic carbocycles. The molecule has 2 rings (SSSR count). The molecule has 0 saturated heterocycles. The van der Waals surface area contributed by atoms with Crippen molar-refractivity contribution < 1.29 is 19.4 Å². The maximum Gasteiger partial charge on any atom is 0.331 e. The number of carbonyl (C=O) groups excluding carboxylic acids is 1. The number of ether oxygens (including phenoxy) is 1. The summed E-state index contributed by atoms with van der Waals surface area (Å²) in [7, 11) is 0. The molecule has 8 nitrogen and oxygen atoms in total. The Morgan fingerprint density at radius 3 is 2.62 bits per heavy atom. The predicted molar refractivity (Wildman–Crippen MR) is 84.5 cm³/mol. The summed E-state index contributed by atoms with van der Waals surface area (Å²) in [5.41, 5.74) is -0.347. The summed E-state index contributed by atoms with van der Waals surface area (Å²) in [6.07, 6.45) is 2.80. The summed E-state index contributed by atoms with van der Waals surface area (Å²) in [5, 5.41) is 24.4. The van der Waals surface area contributed by atoms with Crippen LogP contribution in [0.2, 0.25) is 0 Å². The minimum atomic E-state index is -1.22. The van der Waals surface area contributed by atoms with Gasteiger partial charge in [-0.15, -0.1) is 0 Å². The molecule has 2 N–H and O–H groups in total. The summed E-state index contributed by atoms with van der Waals surface area (Å²) in [5.74, 6) is -0.980. The molecule has 8 heteroatoms. The maximum atomic E-state index is 11.9. The van der Waals surface area contributed by atoms with E-state index in [-0.39, 0.29) is 6.61 Å². The Kier molecular flexibility index (Phi) is 4.84. The zero-order valence-electron chi connectivity index (χ0n) is 13.2. The third-order valence-corrected chi connectivity index (χ3v) is 3.32. The molecule has 0 saturated carbocycles. The number of benzene rings is 1. The van der Waals surface area contributed by atoms with Gasteiger partial charge in [-0.25, -0.2) is 4.79 Å². The summed E-state index contributed by atoms with van der Waals surface area (Å²) in [4.78, 5) is 23.0. The van der Waals surface area contributed by atoms with Gasteiger partial charge < -0.3 is 15.2 Å². The Morgan fingerprint density at radius 2 is 2.04 bits per heavy atom. The lowest BCUT2D eigenvalue weighted by molar-refractivity contribution is -0.146. The van der Waals surface area contributed by atoms with E-state index in [4.69, 9.17) is 15.1 Å². The number of aliphatic carboxylic acids is 1. The second kappa shape index (κ2) is 6.83. The highest BCUT2D eigenvalue weighted by atomic mass is 16.5. The minimum Gasteiger partial charge on any atom is -0.484 e. The van der Waals surface area contributed by atoms with E-state index in [0.29, 0.717) is 17.0 Å². The topological polar surface area (TPSA) is 117 Å². The number of nitrogens with one attached hydrogen (secondary N) is 1. The molecule has 0 aliphatic rings. The van der Waals surface area contributed by atoms with Crippen LogP contribution in [-0.2, 0) is 15.1 Å². The van der Waals surface area contributed by atoms with E-state index in [9.17, 15) is 9.59 Å². The second-order valence-electron chi connectivity index (χ2n) is 5.51. The zero-order valence-corrected chi connectivity index (χ0v) is 13.2. The highest BCUT2D eigenvalue weighted by molar-refractivity contribution is 5.91. The molecule has 1 heterocycles. The molecule has 2 aromatic rings. The van der Waals surface area contributed by atoms with Crippen molar-refractivity contribution in [2.24, 2.45) is 0 Å². The highest BCUT2D eigenvalue weighted by Crippen LogP contribution is 2.17. The molecule has 0 aliphatic heterocycles. The lowest BCUT2D eigenvalue weighted by atomic mass is 10.1. The van der Waals surface area contributed by atoms with Crippen molar-refractivity contribution in [3.8, 4) is 11.8 Å². The molecule has 0 unspecified atom stereocenters. The van der Waals surface area contributed by atoms with Crippen LogP contribution in [0.15, 0.2) is 36.7 Å². The van der Waals surface area contributed by atoms with Crippen LogP contribution in [0.5, 0.6) is 5.75 Å². The Labute approximate surface area is 138 Å². The Balaban J connectivity index is 1.92.